The van der Waals surface area contributed by atoms with E-state index in [0.29, 0.717) is 13.0 Å². The van der Waals surface area contributed by atoms with Crippen LogP contribution in [0.2, 0.25) is 0 Å². The zero-order valence-electron chi connectivity index (χ0n) is 13.3. The highest BCUT2D eigenvalue weighted by molar-refractivity contribution is 5.76. The van der Waals surface area contributed by atoms with Gasteiger partial charge in [-0.2, -0.15) is 0 Å². The minimum atomic E-state index is -0.337. The first-order chi connectivity index (χ1) is 10.6. The van der Waals surface area contributed by atoms with Crippen molar-refractivity contribution in [2.24, 2.45) is 5.92 Å². The number of hydrogen-bond acceptors (Lipinski definition) is 4. The van der Waals surface area contributed by atoms with Gasteiger partial charge >= 0.3 is 5.97 Å². The van der Waals surface area contributed by atoms with Crippen molar-refractivity contribution in [1.29, 1.82) is 0 Å². The van der Waals surface area contributed by atoms with Gasteiger partial charge in [0.1, 0.15) is 6.04 Å². The summed E-state index contributed by atoms with van der Waals surface area (Å²) in [7, 11) is 0. The second-order valence-electron chi connectivity index (χ2n) is 6.44. The summed E-state index contributed by atoms with van der Waals surface area (Å²) in [6.07, 6.45) is 2.34. The largest absolute Gasteiger partial charge is 0.465 e. The summed E-state index contributed by atoms with van der Waals surface area (Å²) >= 11 is 0. The fourth-order valence-corrected chi connectivity index (χ4v) is 4.22. The zero-order valence-corrected chi connectivity index (χ0v) is 13.3. The molecule has 0 spiro atoms. The highest BCUT2D eigenvalue weighted by Gasteiger charge is 2.51. The topological polar surface area (TPSA) is 49.8 Å². The molecule has 0 aromatic heterocycles. The summed E-state index contributed by atoms with van der Waals surface area (Å²) in [6.45, 7) is 4.37. The lowest BCUT2D eigenvalue weighted by molar-refractivity contribution is -0.170. The Balaban J connectivity index is 1.91. The van der Waals surface area contributed by atoms with E-state index in [4.69, 9.17) is 4.74 Å². The Bertz CT molecular complexity index is 518. The molecular formula is C18H25NO3. The van der Waals surface area contributed by atoms with Crippen molar-refractivity contribution < 1.29 is 14.6 Å². The van der Waals surface area contributed by atoms with Crippen LogP contribution in [0.15, 0.2) is 30.3 Å². The summed E-state index contributed by atoms with van der Waals surface area (Å²) in [5.41, 5.74) is 1.18. The second-order valence-corrected chi connectivity index (χ2v) is 6.44. The van der Waals surface area contributed by atoms with E-state index in [1.807, 2.05) is 25.1 Å². The number of hydrogen-bond donors (Lipinski definition) is 1. The van der Waals surface area contributed by atoms with Gasteiger partial charge in [-0.1, -0.05) is 30.3 Å². The van der Waals surface area contributed by atoms with Crippen LogP contribution in [-0.2, 0) is 9.53 Å². The molecule has 22 heavy (non-hydrogen) atoms. The first-order valence-electron chi connectivity index (χ1n) is 8.30. The van der Waals surface area contributed by atoms with Crippen LogP contribution < -0.4 is 0 Å². The van der Waals surface area contributed by atoms with Gasteiger partial charge in [0.05, 0.1) is 12.7 Å². The molecule has 4 heteroatoms. The molecule has 4 nitrogen and oxygen atoms in total. The van der Waals surface area contributed by atoms with Gasteiger partial charge in [0, 0.05) is 12.1 Å². The molecule has 1 aromatic carbocycles. The third-order valence-corrected chi connectivity index (χ3v) is 5.23. The SMILES string of the molecule is CCOC(=O)[C@H]1[C@@H]2CC[C@@H]([C@@H](O)C2)N1[C@H](C)c1ccccc1. The summed E-state index contributed by atoms with van der Waals surface area (Å²) < 4.78 is 5.32. The standard InChI is InChI=1S/C18H25NO3/c1-3-22-18(21)17-14-9-10-15(16(20)11-14)19(17)12(2)13-7-5-4-6-8-13/h4-8,12,14-17,20H,3,9-11H2,1-2H3/t12-,14-,15+,16+,17-/m1/s1. The van der Waals surface area contributed by atoms with Gasteiger partial charge in [0.25, 0.3) is 0 Å². The average Bonchev–Trinajstić information content (AvgIpc) is 2.54. The van der Waals surface area contributed by atoms with Crippen LogP contribution in [0.5, 0.6) is 0 Å². The number of aliphatic hydroxyl groups is 1. The van der Waals surface area contributed by atoms with Gasteiger partial charge in [-0.05, 0) is 44.6 Å². The quantitative estimate of drug-likeness (QED) is 0.868. The number of fused-ring (bicyclic) bond motifs is 3. The van der Waals surface area contributed by atoms with Crippen molar-refractivity contribution in [3.63, 3.8) is 0 Å². The maximum absolute atomic E-state index is 12.5. The van der Waals surface area contributed by atoms with E-state index in [9.17, 15) is 9.90 Å². The van der Waals surface area contributed by atoms with Crippen molar-refractivity contribution in [2.45, 2.75) is 57.3 Å². The lowest BCUT2D eigenvalue weighted by Crippen LogP contribution is -2.64. The van der Waals surface area contributed by atoms with Crippen molar-refractivity contribution in [3.05, 3.63) is 35.9 Å². The fourth-order valence-electron chi connectivity index (χ4n) is 4.22. The molecular weight excluding hydrogens is 278 g/mol. The van der Waals surface area contributed by atoms with E-state index in [0.717, 1.165) is 12.8 Å². The molecule has 1 aliphatic carbocycles. The molecule has 0 unspecified atom stereocenters. The first-order valence-corrected chi connectivity index (χ1v) is 8.30. The van der Waals surface area contributed by atoms with Gasteiger partial charge < -0.3 is 9.84 Å². The Morgan fingerprint density at radius 1 is 1.36 bits per heavy atom. The van der Waals surface area contributed by atoms with E-state index in [-0.39, 0.29) is 36.1 Å². The number of ether oxygens (including phenoxy) is 1. The fraction of sp³-hybridized carbons (Fsp3) is 0.611. The first kappa shape index (κ1) is 15.5. The number of rotatable bonds is 4. The Hall–Kier alpha value is -1.39. The highest BCUT2D eigenvalue weighted by atomic mass is 16.5. The molecule has 3 aliphatic rings. The molecule has 5 atom stereocenters. The van der Waals surface area contributed by atoms with Gasteiger partial charge in [-0.3, -0.25) is 9.69 Å². The van der Waals surface area contributed by atoms with Gasteiger partial charge in [0.15, 0.2) is 0 Å². The van der Waals surface area contributed by atoms with Crippen LogP contribution in [0.25, 0.3) is 0 Å². The lowest BCUT2D eigenvalue weighted by Gasteiger charge is -2.54. The molecule has 1 N–H and O–H groups in total. The van der Waals surface area contributed by atoms with Crippen molar-refractivity contribution in [3.8, 4) is 0 Å². The molecule has 3 fully saturated rings. The van der Waals surface area contributed by atoms with Gasteiger partial charge in [0.2, 0.25) is 0 Å². The number of carbonyl (C=O) groups is 1. The average molecular weight is 303 g/mol. The predicted octanol–water partition coefficient (Wildman–Crippen LogP) is 2.52. The highest BCUT2D eigenvalue weighted by Crippen LogP contribution is 2.44. The summed E-state index contributed by atoms with van der Waals surface area (Å²) in [6, 6.07) is 10.1. The van der Waals surface area contributed by atoms with Crippen LogP contribution in [0.4, 0.5) is 0 Å². The molecule has 2 heterocycles. The molecule has 2 saturated heterocycles. The molecule has 0 amide bonds. The number of esters is 1. The Morgan fingerprint density at radius 3 is 2.73 bits per heavy atom. The molecule has 120 valence electrons. The predicted molar refractivity (Wildman–Crippen MR) is 84.3 cm³/mol. The summed E-state index contributed by atoms with van der Waals surface area (Å²) in [5.74, 6) is 0.0668. The molecule has 1 aromatic rings. The monoisotopic (exact) mass is 303 g/mol. The number of carbonyl (C=O) groups excluding carboxylic acids is 1. The second kappa shape index (κ2) is 6.39. The summed E-state index contributed by atoms with van der Waals surface area (Å²) in [5, 5.41) is 10.4. The number of piperidine rings is 2. The van der Waals surface area contributed by atoms with Crippen LogP contribution in [0.1, 0.15) is 44.7 Å². The van der Waals surface area contributed by atoms with Gasteiger partial charge in [-0.25, -0.2) is 0 Å². The molecule has 2 bridgehead atoms. The Morgan fingerprint density at radius 2 is 2.09 bits per heavy atom. The molecule has 0 radical (unpaired) electrons. The van der Waals surface area contributed by atoms with Crippen LogP contribution in [0.3, 0.4) is 0 Å². The minimum Gasteiger partial charge on any atom is -0.465 e. The maximum atomic E-state index is 12.5. The van der Waals surface area contributed by atoms with E-state index < -0.39 is 0 Å². The lowest BCUT2D eigenvalue weighted by atomic mass is 9.72. The van der Waals surface area contributed by atoms with Crippen molar-refractivity contribution >= 4 is 5.97 Å². The van der Waals surface area contributed by atoms with Crippen LogP contribution in [-0.4, -0.2) is 40.8 Å². The minimum absolute atomic E-state index is 0.0506. The Kier molecular flexibility index (Phi) is 4.50. The van der Waals surface area contributed by atoms with Crippen molar-refractivity contribution in [2.75, 3.05) is 6.61 Å². The normalized spacial score (nSPS) is 32.7. The van der Waals surface area contributed by atoms with Crippen LogP contribution >= 0.6 is 0 Å². The van der Waals surface area contributed by atoms with Gasteiger partial charge in [-0.15, -0.1) is 0 Å². The third-order valence-electron chi connectivity index (χ3n) is 5.23. The maximum Gasteiger partial charge on any atom is 0.323 e. The number of benzene rings is 1. The number of aliphatic hydroxyl groups excluding tert-OH is 1. The van der Waals surface area contributed by atoms with E-state index in [1.54, 1.807) is 0 Å². The molecule has 4 rings (SSSR count). The third kappa shape index (κ3) is 2.66. The number of nitrogens with zero attached hydrogens (tertiary/aromatic N) is 1. The molecule has 2 aliphatic heterocycles. The van der Waals surface area contributed by atoms with E-state index in [2.05, 4.69) is 24.0 Å². The van der Waals surface area contributed by atoms with E-state index >= 15 is 0 Å². The van der Waals surface area contributed by atoms with Crippen LogP contribution in [0, 0.1) is 5.92 Å². The van der Waals surface area contributed by atoms with E-state index in [1.165, 1.54) is 5.56 Å². The Labute approximate surface area is 132 Å². The summed E-state index contributed by atoms with van der Waals surface area (Å²) in [4.78, 5) is 14.7. The molecule has 1 saturated carbocycles. The van der Waals surface area contributed by atoms with Crippen molar-refractivity contribution in [1.82, 2.24) is 4.90 Å². The zero-order chi connectivity index (χ0) is 15.7. The smallest absolute Gasteiger partial charge is 0.323 e.